The van der Waals surface area contributed by atoms with Crippen LogP contribution >= 0.6 is 0 Å². The third-order valence-electron chi connectivity index (χ3n) is 3.03. The van der Waals surface area contributed by atoms with E-state index in [-0.39, 0.29) is 6.42 Å². The van der Waals surface area contributed by atoms with Gasteiger partial charge in [-0.05, 0) is 36.4 Å². The van der Waals surface area contributed by atoms with Gasteiger partial charge in [0.1, 0.15) is 11.5 Å². The number of nitrogens with zero attached hydrogens (tertiary/aromatic N) is 1. The van der Waals surface area contributed by atoms with Crippen molar-refractivity contribution in [3.8, 4) is 11.5 Å². The van der Waals surface area contributed by atoms with Crippen molar-refractivity contribution in [2.24, 2.45) is 0 Å². The van der Waals surface area contributed by atoms with Crippen molar-refractivity contribution in [1.29, 1.82) is 0 Å². The molecule has 0 saturated heterocycles. The minimum atomic E-state index is -0.883. The van der Waals surface area contributed by atoms with Crippen molar-refractivity contribution < 1.29 is 14.6 Å². The molecule has 0 radical (unpaired) electrons. The lowest BCUT2D eigenvalue weighted by Crippen LogP contribution is -2.02. The van der Waals surface area contributed by atoms with Crippen molar-refractivity contribution in [1.82, 2.24) is 4.98 Å². The van der Waals surface area contributed by atoms with Crippen LogP contribution in [-0.4, -0.2) is 16.1 Å². The van der Waals surface area contributed by atoms with E-state index in [2.05, 4.69) is 4.98 Å². The number of pyridine rings is 1. The number of carbonyl (C=O) groups is 1. The van der Waals surface area contributed by atoms with Crippen molar-refractivity contribution in [3.05, 3.63) is 66.4 Å². The third kappa shape index (κ3) is 3.17. The van der Waals surface area contributed by atoms with Crippen LogP contribution < -0.4 is 4.74 Å². The quantitative estimate of drug-likeness (QED) is 0.791. The summed E-state index contributed by atoms with van der Waals surface area (Å²) in [4.78, 5) is 15.0. The predicted octanol–water partition coefficient (Wildman–Crippen LogP) is 3.65. The average molecular weight is 279 g/mol. The summed E-state index contributed by atoms with van der Waals surface area (Å²) in [5, 5.41) is 9.70. The number of rotatable bonds is 4. The predicted molar refractivity (Wildman–Crippen MR) is 79.6 cm³/mol. The highest BCUT2D eigenvalue weighted by molar-refractivity contribution is 5.81. The van der Waals surface area contributed by atoms with Crippen LogP contribution in [0.4, 0.5) is 0 Å². The highest BCUT2D eigenvalue weighted by atomic mass is 16.5. The van der Waals surface area contributed by atoms with Crippen molar-refractivity contribution in [3.63, 3.8) is 0 Å². The van der Waals surface area contributed by atoms with Crippen LogP contribution in [0.25, 0.3) is 10.9 Å². The van der Waals surface area contributed by atoms with Gasteiger partial charge in [0.25, 0.3) is 0 Å². The molecule has 0 bridgehead atoms. The van der Waals surface area contributed by atoms with Gasteiger partial charge in [-0.3, -0.25) is 9.78 Å². The van der Waals surface area contributed by atoms with E-state index in [1.165, 1.54) is 0 Å². The molecule has 4 nitrogen and oxygen atoms in total. The van der Waals surface area contributed by atoms with E-state index in [1.54, 1.807) is 6.07 Å². The minimum absolute atomic E-state index is 0.0712. The fraction of sp³-hybridized carbons (Fsp3) is 0.0588. The Morgan fingerprint density at radius 2 is 1.81 bits per heavy atom. The zero-order valence-corrected chi connectivity index (χ0v) is 11.2. The number of hydrogen-bond acceptors (Lipinski definition) is 3. The van der Waals surface area contributed by atoms with Gasteiger partial charge in [0.2, 0.25) is 0 Å². The van der Waals surface area contributed by atoms with Gasteiger partial charge in [-0.2, -0.15) is 0 Å². The molecule has 104 valence electrons. The zero-order chi connectivity index (χ0) is 14.7. The molecule has 0 atom stereocenters. The molecular weight excluding hydrogens is 266 g/mol. The summed E-state index contributed by atoms with van der Waals surface area (Å²) in [7, 11) is 0. The topological polar surface area (TPSA) is 59.4 Å². The molecule has 3 rings (SSSR count). The van der Waals surface area contributed by atoms with Crippen molar-refractivity contribution in [2.75, 3.05) is 0 Å². The van der Waals surface area contributed by atoms with Crippen LogP contribution in [0.1, 0.15) is 5.69 Å². The lowest BCUT2D eigenvalue weighted by atomic mass is 10.1. The van der Waals surface area contributed by atoms with Gasteiger partial charge in [-0.1, -0.05) is 24.3 Å². The number of carboxylic acid groups (broad SMARTS) is 1. The normalized spacial score (nSPS) is 10.5. The number of ether oxygens (including phenoxy) is 1. The Balaban J connectivity index is 1.88. The molecule has 0 aliphatic heterocycles. The first-order chi connectivity index (χ1) is 10.2. The number of benzene rings is 2. The van der Waals surface area contributed by atoms with Gasteiger partial charge in [-0.15, -0.1) is 0 Å². The molecule has 0 amide bonds. The van der Waals surface area contributed by atoms with Gasteiger partial charge >= 0.3 is 5.97 Å². The highest BCUT2D eigenvalue weighted by Crippen LogP contribution is 2.25. The monoisotopic (exact) mass is 279 g/mol. The molecule has 0 aliphatic rings. The molecule has 0 saturated carbocycles. The molecule has 21 heavy (non-hydrogen) atoms. The van der Waals surface area contributed by atoms with E-state index >= 15 is 0 Å². The smallest absolute Gasteiger partial charge is 0.309 e. The Labute approximate surface area is 121 Å². The van der Waals surface area contributed by atoms with E-state index in [4.69, 9.17) is 9.84 Å². The fourth-order valence-electron chi connectivity index (χ4n) is 2.09. The van der Waals surface area contributed by atoms with Crippen LogP contribution in [-0.2, 0) is 11.2 Å². The summed E-state index contributed by atoms with van der Waals surface area (Å²) in [6, 6.07) is 18.7. The second-order valence-corrected chi connectivity index (χ2v) is 4.64. The number of fused-ring (bicyclic) bond motifs is 1. The molecule has 1 N–H and O–H groups in total. The van der Waals surface area contributed by atoms with E-state index < -0.39 is 5.97 Å². The Morgan fingerprint density at radius 1 is 1.00 bits per heavy atom. The summed E-state index contributed by atoms with van der Waals surface area (Å²) in [5.41, 5.74) is 1.31. The molecular formula is C17H13NO3. The third-order valence-corrected chi connectivity index (χ3v) is 3.03. The van der Waals surface area contributed by atoms with Crippen LogP contribution in [0.3, 0.4) is 0 Å². The van der Waals surface area contributed by atoms with E-state index in [9.17, 15) is 4.79 Å². The Morgan fingerprint density at radius 3 is 2.57 bits per heavy atom. The maximum absolute atomic E-state index is 10.7. The highest BCUT2D eigenvalue weighted by Gasteiger charge is 2.05. The van der Waals surface area contributed by atoms with E-state index in [0.717, 1.165) is 22.4 Å². The first-order valence-corrected chi connectivity index (χ1v) is 6.55. The van der Waals surface area contributed by atoms with Crippen LogP contribution in [0.15, 0.2) is 60.7 Å². The minimum Gasteiger partial charge on any atom is -0.481 e. The lowest BCUT2D eigenvalue weighted by molar-refractivity contribution is -0.136. The van der Waals surface area contributed by atoms with Gasteiger partial charge in [-0.25, -0.2) is 0 Å². The summed E-state index contributed by atoms with van der Waals surface area (Å²) < 4.78 is 5.76. The van der Waals surface area contributed by atoms with Gasteiger partial charge < -0.3 is 9.84 Å². The number of hydrogen-bond donors (Lipinski definition) is 1. The summed E-state index contributed by atoms with van der Waals surface area (Å²) in [5.74, 6) is 0.611. The van der Waals surface area contributed by atoms with Crippen LogP contribution in [0.5, 0.6) is 11.5 Å². The first kappa shape index (κ1) is 13.1. The molecule has 1 heterocycles. The first-order valence-electron chi connectivity index (χ1n) is 6.55. The van der Waals surface area contributed by atoms with Crippen molar-refractivity contribution >= 4 is 16.9 Å². The van der Waals surface area contributed by atoms with Gasteiger partial charge in [0.05, 0.1) is 17.6 Å². The molecule has 4 heteroatoms. The zero-order valence-electron chi connectivity index (χ0n) is 11.2. The summed E-state index contributed by atoms with van der Waals surface area (Å²) in [6.45, 7) is 0. The van der Waals surface area contributed by atoms with Crippen LogP contribution in [0, 0.1) is 0 Å². The maximum atomic E-state index is 10.7. The molecule has 0 spiro atoms. The Kier molecular flexibility index (Phi) is 3.51. The van der Waals surface area contributed by atoms with Crippen molar-refractivity contribution in [2.45, 2.75) is 6.42 Å². The molecule has 0 aliphatic carbocycles. The molecule has 3 aromatic rings. The lowest BCUT2D eigenvalue weighted by Gasteiger charge is -2.07. The Hall–Kier alpha value is -2.88. The second kappa shape index (κ2) is 5.63. The summed E-state index contributed by atoms with van der Waals surface area (Å²) in [6.07, 6.45) is -0.0712. The van der Waals surface area contributed by atoms with E-state index in [0.29, 0.717) is 5.69 Å². The summed E-state index contributed by atoms with van der Waals surface area (Å²) >= 11 is 0. The average Bonchev–Trinajstić information content (AvgIpc) is 2.48. The molecule has 0 unspecified atom stereocenters. The SMILES string of the molecule is O=C(O)Cc1ccc2cc(Oc3ccccc3)ccc2n1. The number of carboxylic acids is 1. The molecule has 1 aromatic heterocycles. The Bertz CT molecular complexity index is 784. The number of aromatic nitrogens is 1. The molecule has 2 aromatic carbocycles. The number of para-hydroxylation sites is 1. The van der Waals surface area contributed by atoms with E-state index in [1.807, 2.05) is 54.6 Å². The van der Waals surface area contributed by atoms with Gasteiger partial charge in [0.15, 0.2) is 0 Å². The second-order valence-electron chi connectivity index (χ2n) is 4.64. The maximum Gasteiger partial charge on any atom is 0.309 e. The van der Waals surface area contributed by atoms with Crippen LogP contribution in [0.2, 0.25) is 0 Å². The largest absolute Gasteiger partial charge is 0.481 e. The van der Waals surface area contributed by atoms with Gasteiger partial charge in [0, 0.05) is 5.39 Å². The molecule has 0 fully saturated rings. The number of aliphatic carboxylic acids is 1. The standard InChI is InChI=1S/C17H13NO3/c19-17(20)11-13-7-6-12-10-15(8-9-16(12)18-13)21-14-4-2-1-3-5-14/h1-10H,11H2,(H,19,20). The fourth-order valence-corrected chi connectivity index (χ4v) is 2.09.